The van der Waals surface area contributed by atoms with E-state index in [0.29, 0.717) is 36.2 Å². The summed E-state index contributed by atoms with van der Waals surface area (Å²) in [7, 11) is 0. The van der Waals surface area contributed by atoms with Crippen LogP contribution in [-0.4, -0.2) is 54.0 Å². The summed E-state index contributed by atoms with van der Waals surface area (Å²) in [6, 6.07) is 4.65. The highest BCUT2D eigenvalue weighted by atomic mass is 35.5. The van der Waals surface area contributed by atoms with Crippen LogP contribution in [0.5, 0.6) is 0 Å². The topological polar surface area (TPSA) is 52.7 Å². The molecule has 0 aromatic heterocycles. The summed E-state index contributed by atoms with van der Waals surface area (Å²) in [5.41, 5.74) is 1.70. The average Bonchev–Trinajstić information content (AvgIpc) is 2.62. The Kier molecular flexibility index (Phi) is 7.58. The highest BCUT2D eigenvalue weighted by Crippen LogP contribution is 2.22. The molecule has 1 aromatic rings. The molecule has 1 heterocycles. The van der Waals surface area contributed by atoms with Crippen molar-refractivity contribution in [2.75, 3.05) is 26.2 Å². The Morgan fingerprint density at radius 1 is 1.11 bits per heavy atom. The highest BCUT2D eigenvalue weighted by Gasteiger charge is 2.23. The molecule has 1 atom stereocenters. The normalized spacial score (nSPS) is 14.7. The van der Waals surface area contributed by atoms with Crippen LogP contribution >= 0.6 is 23.2 Å². The third-order valence-electron chi connectivity index (χ3n) is 3.98. The molecule has 2 rings (SSSR count). The van der Waals surface area contributed by atoms with E-state index in [0.717, 1.165) is 11.1 Å². The van der Waals surface area contributed by atoms with Crippen molar-refractivity contribution in [3.05, 3.63) is 45.5 Å². The zero-order valence-electron chi connectivity index (χ0n) is 15.7. The van der Waals surface area contributed by atoms with Gasteiger partial charge in [-0.3, -0.25) is 4.79 Å². The van der Waals surface area contributed by atoms with Crippen molar-refractivity contribution in [2.45, 2.75) is 26.8 Å². The van der Waals surface area contributed by atoms with Crippen molar-refractivity contribution in [3.8, 4) is 11.8 Å². The van der Waals surface area contributed by atoms with Gasteiger partial charge < -0.3 is 15.1 Å². The van der Waals surface area contributed by atoms with E-state index in [-0.39, 0.29) is 18.0 Å². The molecule has 1 aliphatic rings. The second-order valence-corrected chi connectivity index (χ2v) is 7.42. The molecule has 7 heteroatoms. The molecule has 1 unspecified atom stereocenters. The summed E-state index contributed by atoms with van der Waals surface area (Å²) >= 11 is 11.9. The lowest BCUT2D eigenvalue weighted by atomic mass is 10.2. The number of carbonyl (C=O) groups is 2. The fourth-order valence-electron chi connectivity index (χ4n) is 2.55. The molecule has 0 saturated carbocycles. The number of halogens is 2. The van der Waals surface area contributed by atoms with Crippen molar-refractivity contribution < 1.29 is 9.59 Å². The van der Waals surface area contributed by atoms with E-state index in [9.17, 15) is 9.59 Å². The van der Waals surface area contributed by atoms with Crippen LogP contribution in [0.15, 0.2) is 29.8 Å². The Morgan fingerprint density at radius 2 is 1.74 bits per heavy atom. The minimum atomic E-state index is -0.322. The van der Waals surface area contributed by atoms with Crippen LogP contribution in [0.4, 0.5) is 4.79 Å². The summed E-state index contributed by atoms with van der Waals surface area (Å²) in [6.45, 7) is 7.65. The number of allylic oxidation sites excluding steroid dienone is 1. The van der Waals surface area contributed by atoms with Crippen molar-refractivity contribution in [3.63, 3.8) is 0 Å². The molecule has 0 aliphatic carbocycles. The number of carbonyl (C=O) groups excluding carboxylic acids is 2. The molecule has 3 amide bonds. The molecule has 0 bridgehead atoms. The van der Waals surface area contributed by atoms with Crippen LogP contribution in [0.3, 0.4) is 0 Å². The fourth-order valence-corrected chi connectivity index (χ4v) is 2.84. The van der Waals surface area contributed by atoms with Gasteiger partial charge in [0.25, 0.3) is 0 Å². The Balaban J connectivity index is 1.85. The second kappa shape index (κ2) is 9.68. The lowest BCUT2D eigenvalue weighted by Crippen LogP contribution is -2.54. The third-order valence-corrected chi connectivity index (χ3v) is 4.72. The number of nitrogens with zero attached hydrogens (tertiary/aromatic N) is 2. The van der Waals surface area contributed by atoms with Gasteiger partial charge in [0.15, 0.2) is 0 Å². The van der Waals surface area contributed by atoms with E-state index < -0.39 is 0 Å². The van der Waals surface area contributed by atoms with Gasteiger partial charge in [0.05, 0.1) is 16.1 Å². The number of nitrogens with one attached hydrogen (secondary N) is 1. The average molecular weight is 408 g/mol. The molecule has 1 fully saturated rings. The van der Waals surface area contributed by atoms with Gasteiger partial charge >= 0.3 is 6.03 Å². The summed E-state index contributed by atoms with van der Waals surface area (Å²) in [5, 5.41) is 3.78. The Labute approximate surface area is 170 Å². The Hall–Kier alpha value is -2.16. The first-order valence-electron chi connectivity index (χ1n) is 8.72. The van der Waals surface area contributed by atoms with Crippen LogP contribution < -0.4 is 5.32 Å². The van der Waals surface area contributed by atoms with Crippen LogP contribution in [0, 0.1) is 11.8 Å². The number of benzene rings is 1. The van der Waals surface area contributed by atoms with Gasteiger partial charge in [0.2, 0.25) is 5.91 Å². The van der Waals surface area contributed by atoms with Crippen molar-refractivity contribution >= 4 is 35.1 Å². The fraction of sp³-hybridized carbons (Fsp3) is 0.400. The maximum atomic E-state index is 12.4. The standard InChI is InChI=1S/C20H23Cl2N3O2/c1-14(2)12-19(26)24-8-10-25(11-9-24)20(27)23-15(3)4-5-16-6-7-17(21)18(22)13-16/h6-7,12-13,15H,8-11H2,1-3H3,(H,23,27). The van der Waals surface area contributed by atoms with Gasteiger partial charge in [-0.05, 0) is 39.0 Å². The second-order valence-electron chi connectivity index (χ2n) is 6.60. The van der Waals surface area contributed by atoms with Crippen LogP contribution in [0.1, 0.15) is 26.3 Å². The maximum Gasteiger partial charge on any atom is 0.318 e. The van der Waals surface area contributed by atoms with Crippen molar-refractivity contribution in [1.29, 1.82) is 0 Å². The molecule has 1 N–H and O–H groups in total. The largest absolute Gasteiger partial charge is 0.336 e. The molecule has 1 aromatic carbocycles. The molecule has 144 valence electrons. The smallest absolute Gasteiger partial charge is 0.318 e. The molecule has 0 spiro atoms. The molecular formula is C20H23Cl2N3O2. The maximum absolute atomic E-state index is 12.4. The Bertz CT molecular complexity index is 799. The van der Waals surface area contributed by atoms with Gasteiger partial charge in [0, 0.05) is 37.8 Å². The zero-order chi connectivity index (χ0) is 20.0. The van der Waals surface area contributed by atoms with Crippen LogP contribution in [0.25, 0.3) is 0 Å². The summed E-state index contributed by atoms with van der Waals surface area (Å²) in [4.78, 5) is 27.8. The van der Waals surface area contributed by atoms with Crippen LogP contribution in [-0.2, 0) is 4.79 Å². The van der Waals surface area contributed by atoms with E-state index in [2.05, 4.69) is 17.2 Å². The van der Waals surface area contributed by atoms with Gasteiger partial charge in [-0.2, -0.15) is 0 Å². The van der Waals surface area contributed by atoms with E-state index in [1.807, 2.05) is 20.8 Å². The van der Waals surface area contributed by atoms with Gasteiger partial charge in [-0.15, -0.1) is 0 Å². The summed E-state index contributed by atoms with van der Waals surface area (Å²) < 4.78 is 0. The number of piperazine rings is 1. The molecule has 27 heavy (non-hydrogen) atoms. The summed E-state index contributed by atoms with van der Waals surface area (Å²) in [6.07, 6.45) is 1.62. The van der Waals surface area contributed by atoms with E-state index in [1.165, 1.54) is 0 Å². The first-order valence-corrected chi connectivity index (χ1v) is 9.47. The zero-order valence-corrected chi connectivity index (χ0v) is 17.2. The molecule has 0 radical (unpaired) electrons. The van der Waals surface area contributed by atoms with Crippen LogP contribution in [0.2, 0.25) is 10.0 Å². The Morgan fingerprint density at radius 3 is 2.33 bits per heavy atom. The molecule has 1 saturated heterocycles. The molecule has 5 nitrogen and oxygen atoms in total. The number of amides is 3. The lowest BCUT2D eigenvalue weighted by molar-refractivity contribution is -0.127. The van der Waals surface area contributed by atoms with E-state index in [4.69, 9.17) is 23.2 Å². The van der Waals surface area contributed by atoms with E-state index >= 15 is 0 Å². The first kappa shape index (κ1) is 21.1. The van der Waals surface area contributed by atoms with E-state index in [1.54, 1.807) is 34.1 Å². The SMILES string of the molecule is CC(C)=CC(=O)N1CCN(C(=O)NC(C)C#Cc2ccc(Cl)c(Cl)c2)CC1. The number of hydrogen-bond donors (Lipinski definition) is 1. The summed E-state index contributed by atoms with van der Waals surface area (Å²) in [5.74, 6) is 5.95. The minimum Gasteiger partial charge on any atom is -0.336 e. The number of rotatable bonds is 2. The number of hydrogen-bond acceptors (Lipinski definition) is 2. The molecule has 1 aliphatic heterocycles. The lowest BCUT2D eigenvalue weighted by Gasteiger charge is -2.34. The van der Waals surface area contributed by atoms with Gasteiger partial charge in [-0.1, -0.05) is 40.6 Å². The third kappa shape index (κ3) is 6.50. The minimum absolute atomic E-state index is 0.00378. The highest BCUT2D eigenvalue weighted by molar-refractivity contribution is 6.42. The first-order chi connectivity index (χ1) is 12.8. The quantitative estimate of drug-likeness (QED) is 0.601. The predicted octanol–water partition coefficient (Wildman–Crippen LogP) is 3.55. The van der Waals surface area contributed by atoms with Gasteiger partial charge in [-0.25, -0.2) is 4.79 Å². The number of urea groups is 1. The molecular weight excluding hydrogens is 385 g/mol. The van der Waals surface area contributed by atoms with Crippen molar-refractivity contribution in [2.24, 2.45) is 0 Å². The monoisotopic (exact) mass is 407 g/mol. The van der Waals surface area contributed by atoms with Crippen molar-refractivity contribution in [1.82, 2.24) is 15.1 Å². The predicted molar refractivity (Wildman–Crippen MR) is 109 cm³/mol. The van der Waals surface area contributed by atoms with Gasteiger partial charge in [0.1, 0.15) is 0 Å².